The average molecular weight is 516 g/mol. The number of nitrogens with one attached hydrogen (secondary N) is 2. The number of hydrogen-bond donors (Lipinski definition) is 2. The van der Waals surface area contributed by atoms with Crippen LogP contribution in [0.1, 0.15) is 42.5 Å². The highest BCUT2D eigenvalue weighted by Crippen LogP contribution is 2.32. The molecule has 2 N–H and O–H groups in total. The standard InChI is InChI=1S/C29H26ClN3O4/c30-25-26(29(36)33(28(25)35)22-7-3-1-4-8-22)31-20-13-11-19(12-14-20)27(34)32-21-15-17-24(18-16-21)37-23-9-5-2-6-10-23/h2,5-6,9-18,22,31H,1,3-4,7-8H2,(H,32,34). The van der Waals surface area contributed by atoms with E-state index in [4.69, 9.17) is 16.3 Å². The van der Waals surface area contributed by atoms with Gasteiger partial charge in [-0.25, -0.2) is 0 Å². The first kappa shape index (κ1) is 24.6. The lowest BCUT2D eigenvalue weighted by molar-refractivity contribution is -0.140. The molecule has 1 saturated carbocycles. The van der Waals surface area contributed by atoms with Crippen molar-refractivity contribution >= 4 is 40.7 Å². The maximum atomic E-state index is 13.0. The van der Waals surface area contributed by atoms with Gasteiger partial charge in [0.05, 0.1) is 0 Å². The van der Waals surface area contributed by atoms with Gasteiger partial charge in [0.15, 0.2) is 0 Å². The predicted octanol–water partition coefficient (Wildman–Crippen LogP) is 6.30. The molecule has 0 spiro atoms. The lowest BCUT2D eigenvalue weighted by atomic mass is 9.94. The van der Waals surface area contributed by atoms with E-state index in [1.807, 2.05) is 30.3 Å². The van der Waals surface area contributed by atoms with Gasteiger partial charge in [0.2, 0.25) is 0 Å². The van der Waals surface area contributed by atoms with Gasteiger partial charge in [0, 0.05) is 23.0 Å². The first-order valence-corrected chi connectivity index (χ1v) is 12.7. The zero-order valence-electron chi connectivity index (χ0n) is 20.1. The smallest absolute Gasteiger partial charge is 0.279 e. The summed E-state index contributed by atoms with van der Waals surface area (Å²) in [6, 6.07) is 23.1. The number of para-hydroxylation sites is 1. The maximum absolute atomic E-state index is 13.0. The van der Waals surface area contributed by atoms with Gasteiger partial charge in [-0.05, 0) is 73.5 Å². The Balaban J connectivity index is 1.19. The van der Waals surface area contributed by atoms with Crippen LogP contribution in [0.4, 0.5) is 11.4 Å². The van der Waals surface area contributed by atoms with Gasteiger partial charge in [-0.15, -0.1) is 0 Å². The number of carbonyl (C=O) groups excluding carboxylic acids is 3. The van der Waals surface area contributed by atoms with Crippen molar-refractivity contribution in [2.24, 2.45) is 0 Å². The minimum absolute atomic E-state index is 0.0762. The summed E-state index contributed by atoms with van der Waals surface area (Å²) in [6.45, 7) is 0. The molecule has 3 amide bonds. The van der Waals surface area contributed by atoms with Crippen molar-refractivity contribution in [2.75, 3.05) is 10.6 Å². The second-order valence-corrected chi connectivity index (χ2v) is 9.44. The average Bonchev–Trinajstić information content (AvgIpc) is 3.14. The van der Waals surface area contributed by atoms with Crippen LogP contribution in [0.5, 0.6) is 11.5 Å². The van der Waals surface area contributed by atoms with E-state index >= 15 is 0 Å². The molecular formula is C29H26ClN3O4. The fourth-order valence-corrected chi connectivity index (χ4v) is 4.80. The summed E-state index contributed by atoms with van der Waals surface area (Å²) in [6.07, 6.45) is 4.73. The van der Waals surface area contributed by atoms with Crippen molar-refractivity contribution in [3.63, 3.8) is 0 Å². The normalized spacial score (nSPS) is 16.2. The van der Waals surface area contributed by atoms with Crippen LogP contribution in [0.15, 0.2) is 89.6 Å². The Labute approximate surface area is 220 Å². The van der Waals surface area contributed by atoms with E-state index in [1.165, 1.54) is 4.90 Å². The second-order valence-electron chi connectivity index (χ2n) is 9.06. The number of rotatable bonds is 7. The van der Waals surface area contributed by atoms with Gasteiger partial charge in [-0.2, -0.15) is 0 Å². The Morgan fingerprint density at radius 1 is 0.784 bits per heavy atom. The fourth-order valence-electron chi connectivity index (χ4n) is 4.58. The van der Waals surface area contributed by atoms with Crippen LogP contribution < -0.4 is 15.4 Å². The molecule has 0 saturated heterocycles. The van der Waals surface area contributed by atoms with Gasteiger partial charge in [0.25, 0.3) is 17.7 Å². The molecule has 3 aromatic carbocycles. The Kier molecular flexibility index (Phi) is 7.23. The number of benzene rings is 3. The number of carbonyl (C=O) groups is 3. The summed E-state index contributed by atoms with van der Waals surface area (Å²) in [5.74, 6) is 0.266. The van der Waals surface area contributed by atoms with Crippen LogP contribution >= 0.6 is 11.6 Å². The Morgan fingerprint density at radius 2 is 1.41 bits per heavy atom. The summed E-state index contributed by atoms with van der Waals surface area (Å²) >= 11 is 6.25. The van der Waals surface area contributed by atoms with E-state index < -0.39 is 11.8 Å². The van der Waals surface area contributed by atoms with Gasteiger partial charge in [0.1, 0.15) is 22.2 Å². The zero-order chi connectivity index (χ0) is 25.8. The molecule has 8 heteroatoms. The van der Waals surface area contributed by atoms with Crippen molar-refractivity contribution in [2.45, 2.75) is 38.1 Å². The minimum Gasteiger partial charge on any atom is -0.457 e. The third-order valence-electron chi connectivity index (χ3n) is 6.51. The Morgan fingerprint density at radius 3 is 2.08 bits per heavy atom. The maximum Gasteiger partial charge on any atom is 0.279 e. The van der Waals surface area contributed by atoms with Crippen LogP contribution in [0.25, 0.3) is 0 Å². The Hall–Kier alpha value is -4.10. The molecule has 0 aromatic heterocycles. The van der Waals surface area contributed by atoms with Crippen LogP contribution in [-0.2, 0) is 9.59 Å². The summed E-state index contributed by atoms with van der Waals surface area (Å²) in [5.41, 5.74) is 1.70. The van der Waals surface area contributed by atoms with Crippen LogP contribution in [0.2, 0.25) is 0 Å². The van der Waals surface area contributed by atoms with E-state index in [1.54, 1.807) is 48.5 Å². The van der Waals surface area contributed by atoms with E-state index in [9.17, 15) is 14.4 Å². The van der Waals surface area contributed by atoms with E-state index in [-0.39, 0.29) is 22.7 Å². The quantitative estimate of drug-likeness (QED) is 0.361. The van der Waals surface area contributed by atoms with Crippen LogP contribution in [-0.4, -0.2) is 28.7 Å². The molecule has 37 heavy (non-hydrogen) atoms. The van der Waals surface area contributed by atoms with Crippen molar-refractivity contribution in [1.29, 1.82) is 0 Å². The highest BCUT2D eigenvalue weighted by Gasteiger charge is 2.42. The molecule has 1 aliphatic heterocycles. The molecule has 5 rings (SSSR count). The predicted molar refractivity (Wildman–Crippen MR) is 143 cm³/mol. The molecule has 0 atom stereocenters. The van der Waals surface area contributed by atoms with Crippen molar-refractivity contribution in [1.82, 2.24) is 4.90 Å². The van der Waals surface area contributed by atoms with Crippen molar-refractivity contribution in [3.05, 3.63) is 95.2 Å². The molecule has 1 fully saturated rings. The fraction of sp³-hybridized carbons (Fsp3) is 0.207. The minimum atomic E-state index is -0.447. The number of ether oxygens (including phenoxy) is 1. The number of anilines is 2. The van der Waals surface area contributed by atoms with Gasteiger partial charge in [-0.1, -0.05) is 49.1 Å². The molecule has 3 aromatic rings. The molecule has 7 nitrogen and oxygen atoms in total. The van der Waals surface area contributed by atoms with E-state index in [0.717, 1.165) is 37.9 Å². The Bertz CT molecular complexity index is 1330. The SMILES string of the molecule is O=C(Nc1ccc(Oc2ccccc2)cc1)c1ccc(NC2=C(Cl)C(=O)N(C3CCCCC3)C2=O)cc1. The highest BCUT2D eigenvalue weighted by atomic mass is 35.5. The zero-order valence-corrected chi connectivity index (χ0v) is 20.8. The number of hydrogen-bond acceptors (Lipinski definition) is 5. The summed E-state index contributed by atoms with van der Waals surface area (Å²) in [5, 5.41) is 5.73. The number of amides is 3. The van der Waals surface area contributed by atoms with Crippen LogP contribution in [0.3, 0.4) is 0 Å². The third kappa shape index (κ3) is 5.52. The largest absolute Gasteiger partial charge is 0.457 e. The second kappa shape index (κ2) is 10.9. The number of imide groups is 1. The highest BCUT2D eigenvalue weighted by molar-refractivity contribution is 6.48. The first-order valence-electron chi connectivity index (χ1n) is 12.3. The van der Waals surface area contributed by atoms with E-state index in [0.29, 0.717) is 22.7 Å². The van der Waals surface area contributed by atoms with Crippen LogP contribution in [0, 0.1) is 0 Å². The molecule has 0 unspecified atom stereocenters. The summed E-state index contributed by atoms with van der Waals surface area (Å²) < 4.78 is 5.77. The number of nitrogens with zero attached hydrogens (tertiary/aromatic N) is 1. The van der Waals surface area contributed by atoms with Crippen molar-refractivity contribution < 1.29 is 19.1 Å². The molecule has 1 aliphatic carbocycles. The summed E-state index contributed by atoms with van der Waals surface area (Å²) in [4.78, 5) is 39.6. The third-order valence-corrected chi connectivity index (χ3v) is 6.86. The lowest BCUT2D eigenvalue weighted by Crippen LogP contribution is -2.42. The lowest BCUT2D eigenvalue weighted by Gasteiger charge is -2.29. The summed E-state index contributed by atoms with van der Waals surface area (Å²) in [7, 11) is 0. The molecule has 188 valence electrons. The molecule has 1 heterocycles. The van der Waals surface area contributed by atoms with Gasteiger partial charge < -0.3 is 15.4 Å². The monoisotopic (exact) mass is 515 g/mol. The molecule has 2 aliphatic rings. The van der Waals surface area contributed by atoms with Gasteiger partial charge >= 0.3 is 0 Å². The molecule has 0 bridgehead atoms. The first-order chi connectivity index (χ1) is 18.0. The van der Waals surface area contributed by atoms with Gasteiger partial charge in [-0.3, -0.25) is 19.3 Å². The molecule has 0 radical (unpaired) electrons. The topological polar surface area (TPSA) is 87.7 Å². The molecular weight excluding hydrogens is 490 g/mol. The van der Waals surface area contributed by atoms with Crippen molar-refractivity contribution in [3.8, 4) is 11.5 Å². The van der Waals surface area contributed by atoms with E-state index in [2.05, 4.69) is 10.6 Å². The number of halogens is 1.